The highest BCUT2D eigenvalue weighted by molar-refractivity contribution is 6.31. The van der Waals surface area contributed by atoms with Crippen LogP contribution in [0.15, 0.2) is 36.4 Å². The first-order valence-electron chi connectivity index (χ1n) is 5.70. The zero-order chi connectivity index (χ0) is 13.8. The van der Waals surface area contributed by atoms with Crippen LogP contribution in [0.2, 0.25) is 5.02 Å². The Bertz CT molecular complexity index is 591. The van der Waals surface area contributed by atoms with Gasteiger partial charge in [-0.25, -0.2) is 4.39 Å². The van der Waals surface area contributed by atoms with Crippen LogP contribution in [0.25, 0.3) is 0 Å². The summed E-state index contributed by atoms with van der Waals surface area (Å²) in [4.78, 5) is 10.7. The van der Waals surface area contributed by atoms with Crippen molar-refractivity contribution in [3.05, 3.63) is 63.9 Å². The van der Waals surface area contributed by atoms with Gasteiger partial charge in [0.1, 0.15) is 17.9 Å². The third-order valence-corrected chi connectivity index (χ3v) is 3.23. The van der Waals surface area contributed by atoms with E-state index in [1.807, 2.05) is 0 Å². The van der Waals surface area contributed by atoms with Gasteiger partial charge in [-0.05, 0) is 23.8 Å². The molecule has 0 radical (unpaired) electrons. The fourth-order valence-electron chi connectivity index (χ4n) is 1.87. The molecule has 98 valence electrons. The van der Waals surface area contributed by atoms with Crippen LogP contribution in [-0.2, 0) is 6.42 Å². The maximum absolute atomic E-state index is 13.7. The summed E-state index contributed by atoms with van der Waals surface area (Å²) in [5.41, 5.74) is 1.71. The largest absolute Gasteiger partial charge is 0.496 e. The smallest absolute Gasteiger partial charge is 0.150 e. The Labute approximate surface area is 115 Å². The van der Waals surface area contributed by atoms with Crippen molar-refractivity contribution < 1.29 is 13.9 Å². The molecule has 0 fully saturated rings. The first kappa shape index (κ1) is 13.6. The molecule has 0 saturated heterocycles. The molecule has 0 aromatic heterocycles. The second-order valence-corrected chi connectivity index (χ2v) is 4.47. The van der Waals surface area contributed by atoms with E-state index in [1.165, 1.54) is 13.2 Å². The topological polar surface area (TPSA) is 26.3 Å². The van der Waals surface area contributed by atoms with E-state index in [0.717, 1.165) is 11.8 Å². The summed E-state index contributed by atoms with van der Waals surface area (Å²) < 4.78 is 19.0. The molecule has 2 aromatic carbocycles. The van der Waals surface area contributed by atoms with Crippen LogP contribution in [0.1, 0.15) is 21.5 Å². The summed E-state index contributed by atoms with van der Waals surface area (Å²) >= 11 is 6.00. The second kappa shape index (κ2) is 5.85. The maximum Gasteiger partial charge on any atom is 0.150 e. The Balaban J connectivity index is 2.40. The van der Waals surface area contributed by atoms with E-state index in [9.17, 15) is 9.18 Å². The fourth-order valence-corrected chi connectivity index (χ4v) is 2.10. The second-order valence-electron chi connectivity index (χ2n) is 4.07. The molecule has 0 aliphatic carbocycles. The van der Waals surface area contributed by atoms with Gasteiger partial charge in [0, 0.05) is 22.6 Å². The van der Waals surface area contributed by atoms with Crippen LogP contribution >= 0.6 is 11.6 Å². The van der Waals surface area contributed by atoms with E-state index in [4.69, 9.17) is 16.3 Å². The molecule has 0 N–H and O–H groups in total. The molecule has 0 amide bonds. The SMILES string of the molecule is COc1cc(C=O)ccc1Cc1c(F)cccc1Cl. The van der Waals surface area contributed by atoms with E-state index in [0.29, 0.717) is 28.3 Å². The first-order chi connectivity index (χ1) is 9.15. The van der Waals surface area contributed by atoms with Gasteiger partial charge in [-0.15, -0.1) is 0 Å². The Hall–Kier alpha value is -1.87. The number of carbonyl (C=O) groups is 1. The van der Waals surface area contributed by atoms with Gasteiger partial charge >= 0.3 is 0 Å². The highest BCUT2D eigenvalue weighted by Gasteiger charge is 2.11. The summed E-state index contributed by atoms with van der Waals surface area (Å²) in [6.45, 7) is 0. The lowest BCUT2D eigenvalue weighted by molar-refractivity contribution is 0.112. The predicted molar refractivity (Wildman–Crippen MR) is 72.6 cm³/mol. The van der Waals surface area contributed by atoms with Crippen molar-refractivity contribution in [2.24, 2.45) is 0 Å². The number of halogens is 2. The highest BCUT2D eigenvalue weighted by atomic mass is 35.5. The lowest BCUT2D eigenvalue weighted by atomic mass is 10.0. The highest BCUT2D eigenvalue weighted by Crippen LogP contribution is 2.27. The number of benzene rings is 2. The lowest BCUT2D eigenvalue weighted by Crippen LogP contribution is -1.98. The zero-order valence-electron chi connectivity index (χ0n) is 10.3. The third kappa shape index (κ3) is 2.93. The summed E-state index contributed by atoms with van der Waals surface area (Å²) in [5.74, 6) is 0.193. The van der Waals surface area contributed by atoms with Crippen LogP contribution in [0.3, 0.4) is 0 Å². The number of ether oxygens (including phenoxy) is 1. The summed E-state index contributed by atoms with van der Waals surface area (Å²) in [6, 6.07) is 9.61. The molecule has 0 aliphatic heterocycles. The van der Waals surface area contributed by atoms with E-state index in [2.05, 4.69) is 0 Å². The molecular weight excluding hydrogens is 267 g/mol. The quantitative estimate of drug-likeness (QED) is 0.793. The summed E-state index contributed by atoms with van der Waals surface area (Å²) in [5, 5.41) is 0.376. The van der Waals surface area contributed by atoms with Gasteiger partial charge in [0.15, 0.2) is 0 Å². The molecule has 0 heterocycles. The zero-order valence-corrected chi connectivity index (χ0v) is 11.1. The summed E-state index contributed by atoms with van der Waals surface area (Å²) in [7, 11) is 1.51. The van der Waals surface area contributed by atoms with Gasteiger partial charge in [0.2, 0.25) is 0 Å². The minimum Gasteiger partial charge on any atom is -0.496 e. The fraction of sp³-hybridized carbons (Fsp3) is 0.133. The van der Waals surface area contributed by atoms with Gasteiger partial charge < -0.3 is 4.74 Å². The van der Waals surface area contributed by atoms with Crippen molar-refractivity contribution >= 4 is 17.9 Å². The minimum atomic E-state index is -0.353. The minimum absolute atomic E-state index is 0.313. The van der Waals surface area contributed by atoms with Gasteiger partial charge in [-0.2, -0.15) is 0 Å². The monoisotopic (exact) mass is 278 g/mol. The van der Waals surface area contributed by atoms with Crippen LogP contribution in [0.4, 0.5) is 4.39 Å². The average molecular weight is 279 g/mol. The van der Waals surface area contributed by atoms with Crippen molar-refractivity contribution in [3.63, 3.8) is 0 Å². The maximum atomic E-state index is 13.7. The molecule has 2 rings (SSSR count). The molecule has 0 unspecified atom stereocenters. The Morgan fingerprint density at radius 3 is 2.74 bits per heavy atom. The molecule has 0 aliphatic rings. The standard InChI is InChI=1S/C15H12ClFO2/c1-19-15-7-10(9-18)5-6-11(15)8-12-13(16)3-2-4-14(12)17/h2-7,9H,8H2,1H3. The van der Waals surface area contributed by atoms with Crippen LogP contribution < -0.4 is 4.74 Å². The predicted octanol–water partition coefficient (Wildman–Crippen LogP) is 3.89. The van der Waals surface area contributed by atoms with Crippen LogP contribution in [0, 0.1) is 5.82 Å². The number of carbonyl (C=O) groups excluding carboxylic acids is 1. The van der Waals surface area contributed by atoms with Gasteiger partial charge in [-0.3, -0.25) is 4.79 Å². The van der Waals surface area contributed by atoms with Gasteiger partial charge in [-0.1, -0.05) is 29.8 Å². The van der Waals surface area contributed by atoms with Crippen molar-refractivity contribution in [2.45, 2.75) is 6.42 Å². The normalized spacial score (nSPS) is 10.3. The number of methoxy groups -OCH3 is 1. The first-order valence-corrected chi connectivity index (χ1v) is 6.08. The molecule has 2 aromatic rings. The molecule has 0 spiro atoms. The number of hydrogen-bond acceptors (Lipinski definition) is 2. The Morgan fingerprint density at radius 1 is 1.32 bits per heavy atom. The molecule has 2 nitrogen and oxygen atoms in total. The van der Waals surface area contributed by atoms with E-state index < -0.39 is 0 Å². The molecule has 19 heavy (non-hydrogen) atoms. The average Bonchev–Trinajstić information content (AvgIpc) is 2.43. The van der Waals surface area contributed by atoms with Crippen molar-refractivity contribution in [1.29, 1.82) is 0 Å². The van der Waals surface area contributed by atoms with E-state index in [1.54, 1.807) is 30.3 Å². The van der Waals surface area contributed by atoms with Crippen molar-refractivity contribution in [3.8, 4) is 5.75 Å². The van der Waals surface area contributed by atoms with Crippen LogP contribution in [-0.4, -0.2) is 13.4 Å². The van der Waals surface area contributed by atoms with Gasteiger partial charge in [0.05, 0.1) is 7.11 Å². The molecule has 0 atom stereocenters. The van der Waals surface area contributed by atoms with Crippen LogP contribution in [0.5, 0.6) is 5.75 Å². The summed E-state index contributed by atoms with van der Waals surface area (Å²) in [6.07, 6.45) is 1.05. The van der Waals surface area contributed by atoms with E-state index >= 15 is 0 Å². The van der Waals surface area contributed by atoms with Crippen molar-refractivity contribution in [1.82, 2.24) is 0 Å². The molecule has 0 bridgehead atoms. The number of rotatable bonds is 4. The third-order valence-electron chi connectivity index (χ3n) is 2.88. The number of hydrogen-bond donors (Lipinski definition) is 0. The molecule has 4 heteroatoms. The van der Waals surface area contributed by atoms with Crippen molar-refractivity contribution in [2.75, 3.05) is 7.11 Å². The molecule has 0 saturated carbocycles. The van der Waals surface area contributed by atoms with E-state index in [-0.39, 0.29) is 5.82 Å². The Kier molecular flexibility index (Phi) is 4.17. The van der Waals surface area contributed by atoms with Gasteiger partial charge in [0.25, 0.3) is 0 Å². The lowest BCUT2D eigenvalue weighted by Gasteiger charge is -2.11. The number of aldehydes is 1. The Morgan fingerprint density at radius 2 is 2.11 bits per heavy atom. The molecular formula is C15H12ClFO2.